The molecule has 2 N–H and O–H groups in total. The highest BCUT2D eigenvalue weighted by atomic mass is 32.2. The highest BCUT2D eigenvalue weighted by molar-refractivity contribution is 7.99. The minimum absolute atomic E-state index is 0.324. The second kappa shape index (κ2) is 4.48. The first-order valence-electron chi connectivity index (χ1n) is 6.00. The number of carbonyl (C=O) groups is 1. The number of hydrogen-bond donors (Lipinski definition) is 2. The van der Waals surface area contributed by atoms with Crippen molar-refractivity contribution in [2.75, 3.05) is 30.8 Å². The third-order valence-electron chi connectivity index (χ3n) is 3.47. The molecule has 18 heavy (non-hydrogen) atoms. The number of hydrogen-bond acceptors (Lipinski definition) is 4. The summed E-state index contributed by atoms with van der Waals surface area (Å²) in [7, 11) is 0. The van der Waals surface area contributed by atoms with Gasteiger partial charge in [-0.25, -0.2) is 0 Å². The highest BCUT2D eigenvalue weighted by Gasteiger charge is 2.46. The molecular formula is C13H15NO3S. The molecule has 1 aromatic rings. The van der Waals surface area contributed by atoms with Gasteiger partial charge in [-0.05, 0) is 24.1 Å². The van der Waals surface area contributed by atoms with Crippen molar-refractivity contribution in [2.24, 2.45) is 5.41 Å². The van der Waals surface area contributed by atoms with Crippen molar-refractivity contribution in [3.63, 3.8) is 0 Å². The van der Waals surface area contributed by atoms with Crippen molar-refractivity contribution in [2.45, 2.75) is 11.3 Å². The van der Waals surface area contributed by atoms with E-state index >= 15 is 0 Å². The molecule has 0 spiro atoms. The van der Waals surface area contributed by atoms with Crippen LogP contribution >= 0.6 is 11.8 Å². The van der Waals surface area contributed by atoms with Gasteiger partial charge in [-0.15, -0.1) is 11.8 Å². The van der Waals surface area contributed by atoms with Crippen LogP contribution in [0.25, 0.3) is 0 Å². The molecule has 0 amide bonds. The number of aliphatic carboxylic acids is 1. The monoisotopic (exact) mass is 265 g/mol. The van der Waals surface area contributed by atoms with Gasteiger partial charge in [0.05, 0.1) is 13.2 Å². The molecule has 0 aromatic heterocycles. The summed E-state index contributed by atoms with van der Waals surface area (Å²) < 4.78 is 5.09. The normalized spacial score (nSPS) is 20.4. The van der Waals surface area contributed by atoms with Gasteiger partial charge in [-0.1, -0.05) is 6.07 Å². The first-order valence-corrected chi connectivity index (χ1v) is 6.99. The van der Waals surface area contributed by atoms with E-state index in [-0.39, 0.29) is 0 Å². The number of fused-ring (bicyclic) bond motifs is 1. The van der Waals surface area contributed by atoms with E-state index in [4.69, 9.17) is 4.74 Å². The van der Waals surface area contributed by atoms with Crippen molar-refractivity contribution in [3.05, 3.63) is 23.8 Å². The number of anilines is 1. The molecule has 4 nitrogen and oxygen atoms in total. The van der Waals surface area contributed by atoms with Gasteiger partial charge in [0.2, 0.25) is 0 Å². The quantitative estimate of drug-likeness (QED) is 0.873. The molecule has 0 unspecified atom stereocenters. The fraction of sp³-hybridized carbons (Fsp3) is 0.462. The van der Waals surface area contributed by atoms with Gasteiger partial charge < -0.3 is 15.2 Å². The molecule has 5 heteroatoms. The molecule has 1 fully saturated rings. The average molecular weight is 265 g/mol. The summed E-state index contributed by atoms with van der Waals surface area (Å²) in [5.74, 6) is 0.307. The maximum Gasteiger partial charge on any atom is 0.314 e. The Bertz CT molecular complexity index is 485. The lowest BCUT2D eigenvalue weighted by atomic mass is 9.80. The Hall–Kier alpha value is -1.20. The zero-order chi connectivity index (χ0) is 12.6. The Morgan fingerprint density at radius 1 is 1.50 bits per heavy atom. The first kappa shape index (κ1) is 11.9. The zero-order valence-electron chi connectivity index (χ0n) is 9.94. The van der Waals surface area contributed by atoms with Gasteiger partial charge in [-0.3, -0.25) is 4.79 Å². The van der Waals surface area contributed by atoms with E-state index in [1.807, 2.05) is 23.9 Å². The highest BCUT2D eigenvalue weighted by Crippen LogP contribution is 2.36. The summed E-state index contributed by atoms with van der Waals surface area (Å²) in [5.41, 5.74) is 1.53. The van der Waals surface area contributed by atoms with Crippen LogP contribution in [-0.4, -0.2) is 36.6 Å². The largest absolute Gasteiger partial charge is 0.481 e. The van der Waals surface area contributed by atoms with Crippen LogP contribution in [0.5, 0.6) is 0 Å². The maximum absolute atomic E-state index is 11.3. The second-order valence-electron chi connectivity index (χ2n) is 4.86. The minimum Gasteiger partial charge on any atom is -0.481 e. The summed E-state index contributed by atoms with van der Waals surface area (Å²) in [6, 6.07) is 6.17. The number of rotatable bonds is 3. The number of carboxylic acid groups (broad SMARTS) is 1. The summed E-state index contributed by atoms with van der Waals surface area (Å²) >= 11 is 1.82. The molecule has 0 aliphatic carbocycles. The number of ether oxygens (including phenoxy) is 1. The number of carboxylic acids is 1. The van der Waals surface area contributed by atoms with Crippen LogP contribution in [-0.2, 0) is 16.0 Å². The molecule has 1 saturated heterocycles. The SMILES string of the molecule is O=C(O)C1(Cc2ccc3c(c2)SCCN3)COC1. The molecular weight excluding hydrogens is 250 g/mol. The molecule has 96 valence electrons. The van der Waals surface area contributed by atoms with E-state index in [1.54, 1.807) is 0 Å². The van der Waals surface area contributed by atoms with Crippen LogP contribution in [0, 0.1) is 5.41 Å². The first-order chi connectivity index (χ1) is 8.70. The number of nitrogens with one attached hydrogen (secondary N) is 1. The van der Waals surface area contributed by atoms with Crippen molar-refractivity contribution in [1.82, 2.24) is 0 Å². The Labute approximate surface area is 110 Å². The minimum atomic E-state index is -0.753. The summed E-state index contributed by atoms with van der Waals surface area (Å²) in [5, 5.41) is 12.6. The van der Waals surface area contributed by atoms with Gasteiger partial charge in [-0.2, -0.15) is 0 Å². The lowest BCUT2D eigenvalue weighted by Gasteiger charge is -2.37. The molecule has 0 saturated carbocycles. The van der Waals surface area contributed by atoms with E-state index in [0.29, 0.717) is 19.6 Å². The van der Waals surface area contributed by atoms with Gasteiger partial charge in [0.1, 0.15) is 5.41 Å². The van der Waals surface area contributed by atoms with E-state index in [9.17, 15) is 9.90 Å². The van der Waals surface area contributed by atoms with E-state index in [2.05, 4.69) is 11.4 Å². The van der Waals surface area contributed by atoms with Crippen LogP contribution in [0.4, 0.5) is 5.69 Å². The fourth-order valence-electron chi connectivity index (χ4n) is 2.33. The predicted octanol–water partition coefficient (Wildman–Crippen LogP) is 1.85. The maximum atomic E-state index is 11.3. The third kappa shape index (κ3) is 1.97. The number of thioether (sulfide) groups is 1. The lowest BCUT2D eigenvalue weighted by molar-refractivity contribution is -0.179. The van der Waals surface area contributed by atoms with Crippen molar-refractivity contribution >= 4 is 23.4 Å². The van der Waals surface area contributed by atoms with E-state index in [1.165, 1.54) is 4.90 Å². The van der Waals surface area contributed by atoms with Crippen molar-refractivity contribution in [1.29, 1.82) is 0 Å². The lowest BCUT2D eigenvalue weighted by Crippen LogP contribution is -2.50. The molecule has 2 aliphatic heterocycles. The Balaban J connectivity index is 1.82. The molecule has 2 aliphatic rings. The van der Waals surface area contributed by atoms with Crippen LogP contribution in [0.1, 0.15) is 5.56 Å². The van der Waals surface area contributed by atoms with Gasteiger partial charge in [0.25, 0.3) is 0 Å². The standard InChI is InChI=1S/C13H15NO3S/c15-12(16)13(7-17-8-13)6-9-1-2-10-11(5-9)18-4-3-14-10/h1-2,5,14H,3-4,6-8H2,(H,15,16). The Morgan fingerprint density at radius 3 is 3.00 bits per heavy atom. The molecule has 0 atom stereocenters. The zero-order valence-corrected chi connectivity index (χ0v) is 10.8. The second-order valence-corrected chi connectivity index (χ2v) is 6.00. The molecule has 0 bridgehead atoms. The van der Waals surface area contributed by atoms with Crippen LogP contribution in [0.3, 0.4) is 0 Å². The molecule has 2 heterocycles. The molecule has 1 aromatic carbocycles. The Morgan fingerprint density at radius 2 is 2.33 bits per heavy atom. The molecule has 3 rings (SSSR count). The van der Waals surface area contributed by atoms with Crippen molar-refractivity contribution in [3.8, 4) is 0 Å². The Kier molecular flexibility index (Phi) is 2.95. The topological polar surface area (TPSA) is 58.6 Å². The fourth-order valence-corrected chi connectivity index (χ4v) is 3.28. The smallest absolute Gasteiger partial charge is 0.314 e. The third-order valence-corrected chi connectivity index (χ3v) is 4.53. The summed E-state index contributed by atoms with van der Waals surface area (Å²) in [6.07, 6.45) is 0.552. The van der Waals surface area contributed by atoms with E-state index < -0.39 is 11.4 Å². The van der Waals surface area contributed by atoms with Crippen LogP contribution in [0.2, 0.25) is 0 Å². The van der Waals surface area contributed by atoms with Gasteiger partial charge >= 0.3 is 5.97 Å². The number of benzene rings is 1. The molecule has 0 radical (unpaired) electrons. The summed E-state index contributed by atoms with van der Waals surface area (Å²) in [4.78, 5) is 12.5. The van der Waals surface area contributed by atoms with E-state index in [0.717, 1.165) is 23.5 Å². The predicted molar refractivity (Wildman–Crippen MR) is 70.2 cm³/mol. The average Bonchev–Trinajstić information content (AvgIpc) is 2.33. The van der Waals surface area contributed by atoms with Gasteiger partial charge in [0, 0.05) is 22.9 Å². The van der Waals surface area contributed by atoms with Gasteiger partial charge in [0.15, 0.2) is 0 Å². The van der Waals surface area contributed by atoms with Crippen LogP contribution in [0.15, 0.2) is 23.1 Å². The van der Waals surface area contributed by atoms with Crippen LogP contribution < -0.4 is 5.32 Å². The van der Waals surface area contributed by atoms with Crippen molar-refractivity contribution < 1.29 is 14.6 Å². The summed E-state index contributed by atoms with van der Waals surface area (Å²) in [6.45, 7) is 1.64.